The summed E-state index contributed by atoms with van der Waals surface area (Å²) in [5, 5.41) is 3.52. The molecule has 2 aliphatic heterocycles. The number of hydrogen-bond donors (Lipinski definition) is 1. The first-order chi connectivity index (χ1) is 19.0. The molecule has 0 spiro atoms. The third-order valence-corrected chi connectivity index (χ3v) is 7.68. The van der Waals surface area contributed by atoms with Crippen molar-refractivity contribution in [2.24, 2.45) is 5.92 Å². The summed E-state index contributed by atoms with van der Waals surface area (Å²) in [6.45, 7) is 4.09. The Kier molecular flexibility index (Phi) is 7.89. The Morgan fingerprint density at radius 1 is 1.10 bits per heavy atom. The lowest BCUT2D eigenvalue weighted by atomic mass is 10.00. The van der Waals surface area contributed by atoms with Gasteiger partial charge in [0.15, 0.2) is 0 Å². The molecular formula is C28H31F5N6O. The van der Waals surface area contributed by atoms with Crippen molar-refractivity contribution < 1.29 is 26.7 Å². The van der Waals surface area contributed by atoms with Crippen LogP contribution in [0.2, 0.25) is 0 Å². The van der Waals surface area contributed by atoms with Gasteiger partial charge in [-0.25, -0.2) is 23.7 Å². The van der Waals surface area contributed by atoms with Crippen LogP contribution in [0.1, 0.15) is 60.4 Å². The fraction of sp³-hybridized carbons (Fsp3) is 0.500. The summed E-state index contributed by atoms with van der Waals surface area (Å²) in [6.07, 6.45) is -1.09. The number of pyridine rings is 1. The quantitative estimate of drug-likeness (QED) is 0.401. The molecule has 0 radical (unpaired) electrons. The van der Waals surface area contributed by atoms with Crippen molar-refractivity contribution in [3.63, 3.8) is 0 Å². The van der Waals surface area contributed by atoms with Gasteiger partial charge >= 0.3 is 6.18 Å². The minimum Gasteiger partial charge on any atom is -0.356 e. The zero-order chi connectivity index (χ0) is 28.5. The zero-order valence-corrected chi connectivity index (χ0v) is 22.1. The molecule has 2 fully saturated rings. The highest BCUT2D eigenvalue weighted by molar-refractivity contribution is 6.06. The number of hydrogen-bond acceptors (Lipinski definition) is 6. The third kappa shape index (κ3) is 6.32. The summed E-state index contributed by atoms with van der Waals surface area (Å²) >= 11 is 0. The van der Waals surface area contributed by atoms with Gasteiger partial charge in [-0.15, -0.1) is 0 Å². The number of rotatable bonds is 6. The Balaban J connectivity index is 1.35. The Morgan fingerprint density at radius 3 is 2.50 bits per heavy atom. The molecule has 2 atom stereocenters. The van der Waals surface area contributed by atoms with Gasteiger partial charge in [-0.3, -0.25) is 9.69 Å². The van der Waals surface area contributed by atoms with Gasteiger partial charge in [-0.2, -0.15) is 13.2 Å². The second-order valence-electron chi connectivity index (χ2n) is 10.7. The fourth-order valence-corrected chi connectivity index (χ4v) is 5.48. The molecule has 7 nitrogen and oxygen atoms in total. The maximum absolute atomic E-state index is 13.8. The molecule has 0 bridgehead atoms. The van der Waals surface area contributed by atoms with Crippen LogP contribution in [0.5, 0.6) is 0 Å². The van der Waals surface area contributed by atoms with Crippen molar-refractivity contribution >= 4 is 22.6 Å². The van der Waals surface area contributed by atoms with Crippen LogP contribution >= 0.6 is 0 Å². The summed E-state index contributed by atoms with van der Waals surface area (Å²) in [7, 11) is 0. The van der Waals surface area contributed by atoms with Gasteiger partial charge in [0.05, 0.1) is 11.6 Å². The normalized spacial score (nSPS) is 20.9. The zero-order valence-electron chi connectivity index (χ0n) is 22.1. The van der Waals surface area contributed by atoms with Gasteiger partial charge in [-0.05, 0) is 43.0 Å². The average Bonchev–Trinajstić information content (AvgIpc) is 2.93. The molecule has 0 saturated carbocycles. The summed E-state index contributed by atoms with van der Waals surface area (Å²) in [4.78, 5) is 29.0. The van der Waals surface area contributed by atoms with Crippen LogP contribution in [0, 0.1) is 5.92 Å². The number of aromatic nitrogens is 3. The molecule has 2 saturated heterocycles. The van der Waals surface area contributed by atoms with Crippen molar-refractivity contribution in [3.8, 4) is 0 Å². The minimum atomic E-state index is -4.70. The van der Waals surface area contributed by atoms with Crippen LogP contribution in [0.15, 0.2) is 42.7 Å². The van der Waals surface area contributed by atoms with Crippen molar-refractivity contribution in [2.45, 2.75) is 50.7 Å². The Bertz CT molecular complexity index is 1340. The van der Waals surface area contributed by atoms with E-state index in [2.05, 4.69) is 27.1 Å². The number of benzene rings is 1. The lowest BCUT2D eigenvalue weighted by Crippen LogP contribution is -2.45. The highest BCUT2D eigenvalue weighted by Crippen LogP contribution is 2.33. The summed E-state index contributed by atoms with van der Waals surface area (Å²) in [5.74, 6) is -3.04. The van der Waals surface area contributed by atoms with E-state index in [0.29, 0.717) is 27.9 Å². The number of carbonyl (C=O) groups excluding carboxylic acids is 1. The van der Waals surface area contributed by atoms with E-state index >= 15 is 0 Å². The maximum Gasteiger partial charge on any atom is 0.451 e. The van der Waals surface area contributed by atoms with E-state index in [4.69, 9.17) is 4.98 Å². The molecular weight excluding hydrogens is 531 g/mol. The van der Waals surface area contributed by atoms with Gasteiger partial charge in [0, 0.05) is 74.5 Å². The monoisotopic (exact) mass is 562 g/mol. The van der Waals surface area contributed by atoms with E-state index in [1.165, 1.54) is 6.42 Å². The molecule has 2 aliphatic rings. The van der Waals surface area contributed by atoms with E-state index in [1.807, 2.05) is 18.2 Å². The standard InChI is InChI=1S/C28H31F5N6O/c1-18-4-3-11-39(17-18)24-8-7-20-21(5-2-6-22(20)37-24)25(40)34-16-23(38-12-9-27(29,30)10-13-38)19-14-35-26(36-15-19)28(31,32)33/h2,5-8,14-15,18,23H,3-4,9-13,16-17H2,1H3,(H,34,40). The Morgan fingerprint density at radius 2 is 1.82 bits per heavy atom. The first-order valence-electron chi connectivity index (χ1n) is 13.4. The van der Waals surface area contributed by atoms with Gasteiger partial charge in [0.2, 0.25) is 5.82 Å². The summed E-state index contributed by atoms with van der Waals surface area (Å²) in [5.41, 5.74) is 1.38. The van der Waals surface area contributed by atoms with Gasteiger partial charge in [0.25, 0.3) is 11.8 Å². The fourth-order valence-electron chi connectivity index (χ4n) is 5.48. The topological polar surface area (TPSA) is 74.2 Å². The molecule has 2 unspecified atom stereocenters. The lowest BCUT2D eigenvalue weighted by molar-refractivity contribution is -0.145. The van der Waals surface area contributed by atoms with Crippen molar-refractivity contribution in [2.75, 3.05) is 37.6 Å². The molecule has 1 aromatic carbocycles. The third-order valence-electron chi connectivity index (χ3n) is 7.68. The second-order valence-corrected chi connectivity index (χ2v) is 10.7. The molecule has 1 amide bonds. The number of alkyl halides is 5. The molecule has 214 valence electrons. The van der Waals surface area contributed by atoms with Gasteiger partial charge in [-0.1, -0.05) is 13.0 Å². The molecule has 4 heterocycles. The summed E-state index contributed by atoms with van der Waals surface area (Å²) in [6, 6.07) is 8.38. The number of fused-ring (bicyclic) bond motifs is 1. The number of likely N-dealkylation sites (tertiary alicyclic amines) is 1. The van der Waals surface area contributed by atoms with Crippen LogP contribution in [0.4, 0.5) is 27.8 Å². The largest absolute Gasteiger partial charge is 0.451 e. The van der Waals surface area contributed by atoms with Crippen LogP contribution in [-0.2, 0) is 6.18 Å². The molecule has 5 rings (SSSR count). The maximum atomic E-state index is 13.8. The van der Waals surface area contributed by atoms with E-state index in [-0.39, 0.29) is 32.5 Å². The lowest BCUT2D eigenvalue weighted by Gasteiger charge is -2.37. The van der Waals surface area contributed by atoms with E-state index in [0.717, 1.165) is 37.7 Å². The molecule has 0 aliphatic carbocycles. The first kappa shape index (κ1) is 28.1. The molecule has 12 heteroatoms. The van der Waals surface area contributed by atoms with Crippen molar-refractivity contribution in [1.82, 2.24) is 25.2 Å². The smallest absolute Gasteiger partial charge is 0.356 e. The van der Waals surface area contributed by atoms with Crippen LogP contribution < -0.4 is 10.2 Å². The first-order valence-corrected chi connectivity index (χ1v) is 13.4. The number of piperidine rings is 2. The van der Waals surface area contributed by atoms with Gasteiger partial charge in [0.1, 0.15) is 5.82 Å². The number of carbonyl (C=O) groups is 1. The second kappa shape index (κ2) is 11.2. The average molecular weight is 563 g/mol. The number of nitrogens with one attached hydrogen (secondary N) is 1. The molecule has 1 N–H and O–H groups in total. The highest BCUT2D eigenvalue weighted by atomic mass is 19.4. The van der Waals surface area contributed by atoms with Crippen LogP contribution in [0.25, 0.3) is 10.9 Å². The number of amides is 1. The minimum absolute atomic E-state index is 0.0185. The molecule has 2 aromatic heterocycles. The van der Waals surface area contributed by atoms with E-state index in [9.17, 15) is 26.7 Å². The van der Waals surface area contributed by atoms with Gasteiger partial charge < -0.3 is 10.2 Å². The Labute approximate surface area is 228 Å². The van der Waals surface area contributed by atoms with Crippen molar-refractivity contribution in [3.05, 3.63) is 59.7 Å². The summed E-state index contributed by atoms with van der Waals surface area (Å²) < 4.78 is 66.6. The Hall–Kier alpha value is -3.41. The molecule has 3 aromatic rings. The van der Waals surface area contributed by atoms with E-state index < -0.39 is 29.9 Å². The van der Waals surface area contributed by atoms with Crippen LogP contribution in [0.3, 0.4) is 0 Å². The van der Waals surface area contributed by atoms with Crippen molar-refractivity contribution in [1.29, 1.82) is 0 Å². The van der Waals surface area contributed by atoms with Crippen LogP contribution in [-0.4, -0.2) is 64.4 Å². The molecule has 40 heavy (non-hydrogen) atoms. The number of anilines is 1. The predicted molar refractivity (Wildman–Crippen MR) is 140 cm³/mol. The SMILES string of the molecule is CC1CCCN(c2ccc3c(C(=O)NCC(c4cnc(C(F)(F)F)nc4)N4CCC(F)(F)CC4)cccc3n2)C1. The van der Waals surface area contributed by atoms with E-state index in [1.54, 1.807) is 17.0 Å². The number of halogens is 5. The predicted octanol–water partition coefficient (Wildman–Crippen LogP) is 5.48. The number of nitrogens with zero attached hydrogens (tertiary/aromatic N) is 5. The highest BCUT2D eigenvalue weighted by Gasteiger charge is 2.38.